The maximum Gasteiger partial charge on any atom is 0.0540 e. The minimum atomic E-state index is -0.0348. The molecular formula is C40H82O. The van der Waals surface area contributed by atoms with Crippen molar-refractivity contribution >= 4 is 0 Å². The van der Waals surface area contributed by atoms with E-state index in [1.165, 1.54) is 225 Å². The normalized spacial score (nSPS) is 12.4. The van der Waals surface area contributed by atoms with Crippen LogP contribution in [0.25, 0.3) is 0 Å². The summed E-state index contributed by atoms with van der Waals surface area (Å²) in [6.07, 6.45) is 51.9. The van der Waals surface area contributed by atoms with Gasteiger partial charge < -0.3 is 5.11 Å². The molecule has 248 valence electrons. The quantitative estimate of drug-likeness (QED) is 0.0727. The average molecular weight is 579 g/mol. The van der Waals surface area contributed by atoms with Gasteiger partial charge in [0.2, 0.25) is 0 Å². The smallest absolute Gasteiger partial charge is 0.0540 e. The summed E-state index contributed by atoms with van der Waals surface area (Å²) < 4.78 is 0. The van der Waals surface area contributed by atoms with Gasteiger partial charge in [-0.3, -0.25) is 0 Å². The summed E-state index contributed by atoms with van der Waals surface area (Å²) in [6.45, 7) is 4.60. The lowest BCUT2D eigenvalue weighted by Gasteiger charge is -2.10. The molecule has 0 heterocycles. The highest BCUT2D eigenvalue weighted by Crippen LogP contribution is 2.17. The highest BCUT2D eigenvalue weighted by Gasteiger charge is 2.04. The molecular weight excluding hydrogens is 496 g/mol. The molecule has 0 aromatic heterocycles. The van der Waals surface area contributed by atoms with Crippen molar-refractivity contribution in [1.29, 1.82) is 0 Å². The van der Waals surface area contributed by atoms with Gasteiger partial charge >= 0.3 is 0 Å². The summed E-state index contributed by atoms with van der Waals surface area (Å²) in [6, 6.07) is 0. The Balaban J connectivity index is 3.13. The molecule has 0 spiro atoms. The van der Waals surface area contributed by atoms with E-state index >= 15 is 0 Å². The van der Waals surface area contributed by atoms with Crippen LogP contribution < -0.4 is 0 Å². The fourth-order valence-corrected chi connectivity index (χ4v) is 6.53. The Morgan fingerprint density at radius 2 is 0.390 bits per heavy atom. The summed E-state index contributed by atoms with van der Waals surface area (Å²) in [5.74, 6) is 0. The molecule has 1 N–H and O–H groups in total. The zero-order valence-electron chi connectivity index (χ0n) is 29.2. The van der Waals surface area contributed by atoms with Crippen LogP contribution >= 0.6 is 0 Å². The van der Waals surface area contributed by atoms with E-state index in [-0.39, 0.29) is 6.10 Å². The van der Waals surface area contributed by atoms with Gasteiger partial charge in [-0.2, -0.15) is 0 Å². The number of hydrogen-bond donors (Lipinski definition) is 1. The number of aliphatic hydroxyl groups is 1. The number of rotatable bonds is 37. The molecule has 0 aromatic carbocycles. The molecule has 1 atom stereocenters. The van der Waals surface area contributed by atoms with Crippen LogP contribution in [0.2, 0.25) is 0 Å². The molecule has 1 unspecified atom stereocenters. The Kier molecular flexibility index (Phi) is 37.9. The first-order chi connectivity index (χ1) is 20.3. The van der Waals surface area contributed by atoms with Crippen molar-refractivity contribution in [2.45, 2.75) is 258 Å². The van der Waals surface area contributed by atoms with Crippen LogP contribution in [0.5, 0.6) is 0 Å². The zero-order chi connectivity index (χ0) is 29.7. The van der Waals surface area contributed by atoms with Crippen molar-refractivity contribution < 1.29 is 5.11 Å². The molecule has 0 aliphatic carbocycles. The van der Waals surface area contributed by atoms with Crippen LogP contribution in [0, 0.1) is 0 Å². The molecule has 0 rings (SSSR count). The molecule has 0 aromatic rings. The molecule has 0 amide bonds. The Morgan fingerprint density at radius 3 is 0.561 bits per heavy atom. The van der Waals surface area contributed by atoms with Crippen molar-refractivity contribution in [3.63, 3.8) is 0 Å². The van der Waals surface area contributed by atoms with Crippen LogP contribution in [-0.2, 0) is 0 Å². The first kappa shape index (κ1) is 41.0. The van der Waals surface area contributed by atoms with Gasteiger partial charge in [0, 0.05) is 0 Å². The minimum absolute atomic E-state index is 0.0348. The fourth-order valence-electron chi connectivity index (χ4n) is 6.53. The van der Waals surface area contributed by atoms with E-state index in [9.17, 15) is 5.11 Å². The molecule has 0 radical (unpaired) electrons. The molecule has 0 saturated carbocycles. The van der Waals surface area contributed by atoms with Gasteiger partial charge in [-0.1, -0.05) is 239 Å². The maximum absolute atomic E-state index is 10.3. The topological polar surface area (TPSA) is 20.2 Å². The molecule has 0 bridgehead atoms. The predicted molar refractivity (Wildman–Crippen MR) is 188 cm³/mol. The number of hydrogen-bond acceptors (Lipinski definition) is 1. The molecule has 0 saturated heterocycles. The lowest BCUT2D eigenvalue weighted by atomic mass is 10.0. The first-order valence-electron chi connectivity index (χ1n) is 20.0. The van der Waals surface area contributed by atoms with E-state index in [0.29, 0.717) is 0 Å². The van der Waals surface area contributed by atoms with E-state index in [2.05, 4.69) is 13.8 Å². The molecule has 0 aliphatic rings. The Hall–Kier alpha value is -0.0400. The van der Waals surface area contributed by atoms with Crippen LogP contribution in [-0.4, -0.2) is 11.2 Å². The third-order valence-electron chi connectivity index (χ3n) is 9.53. The van der Waals surface area contributed by atoms with Gasteiger partial charge in [-0.25, -0.2) is 0 Å². The number of unbranched alkanes of at least 4 members (excludes halogenated alkanes) is 33. The van der Waals surface area contributed by atoms with Gasteiger partial charge in [0.25, 0.3) is 0 Å². The summed E-state index contributed by atoms with van der Waals surface area (Å²) in [4.78, 5) is 0. The fraction of sp³-hybridized carbons (Fsp3) is 1.00. The Labute approximate surface area is 262 Å². The van der Waals surface area contributed by atoms with Crippen molar-refractivity contribution in [1.82, 2.24) is 0 Å². The van der Waals surface area contributed by atoms with Crippen molar-refractivity contribution in [3.05, 3.63) is 0 Å². The van der Waals surface area contributed by atoms with E-state index in [4.69, 9.17) is 0 Å². The summed E-state index contributed by atoms with van der Waals surface area (Å²) in [7, 11) is 0. The molecule has 41 heavy (non-hydrogen) atoms. The Morgan fingerprint density at radius 1 is 0.244 bits per heavy atom. The lowest BCUT2D eigenvalue weighted by molar-refractivity contribution is 0.147. The van der Waals surface area contributed by atoms with Crippen molar-refractivity contribution in [2.75, 3.05) is 0 Å². The van der Waals surface area contributed by atoms with Crippen LogP contribution in [0.1, 0.15) is 251 Å². The standard InChI is InChI=1S/C40H82O/c1-3-5-7-9-11-13-15-17-19-21-23-25-27-29-31-33-35-37-39-40(41)38-36-34-32-30-28-26-24-22-20-18-16-14-12-10-8-6-4-2/h40-41H,3-39H2,1-2H3. The van der Waals surface area contributed by atoms with Crippen molar-refractivity contribution in [3.8, 4) is 0 Å². The molecule has 0 aliphatic heterocycles. The predicted octanol–water partition coefficient (Wildman–Crippen LogP) is 14.8. The van der Waals surface area contributed by atoms with Gasteiger partial charge in [0.1, 0.15) is 0 Å². The average Bonchev–Trinajstić information content (AvgIpc) is 2.98. The largest absolute Gasteiger partial charge is 0.393 e. The van der Waals surface area contributed by atoms with Crippen LogP contribution in [0.4, 0.5) is 0 Å². The summed E-state index contributed by atoms with van der Waals surface area (Å²) in [5.41, 5.74) is 0. The minimum Gasteiger partial charge on any atom is -0.393 e. The van der Waals surface area contributed by atoms with Gasteiger partial charge in [-0.15, -0.1) is 0 Å². The maximum atomic E-state index is 10.3. The molecule has 1 heteroatoms. The second-order valence-electron chi connectivity index (χ2n) is 13.9. The second kappa shape index (κ2) is 38.0. The third kappa shape index (κ3) is 37.9. The highest BCUT2D eigenvalue weighted by molar-refractivity contribution is 4.58. The number of aliphatic hydroxyl groups excluding tert-OH is 1. The highest BCUT2D eigenvalue weighted by atomic mass is 16.3. The molecule has 1 nitrogen and oxygen atoms in total. The summed E-state index contributed by atoms with van der Waals surface area (Å²) >= 11 is 0. The van der Waals surface area contributed by atoms with Crippen LogP contribution in [0.3, 0.4) is 0 Å². The SMILES string of the molecule is CCCCCCCCCCCCCCCCCCCCC(O)CCCCCCCCCCCCCCCCCCC. The lowest BCUT2D eigenvalue weighted by Crippen LogP contribution is -2.05. The molecule has 0 fully saturated rings. The van der Waals surface area contributed by atoms with E-state index in [1.807, 2.05) is 0 Å². The van der Waals surface area contributed by atoms with E-state index in [1.54, 1.807) is 0 Å². The van der Waals surface area contributed by atoms with Gasteiger partial charge in [0.05, 0.1) is 6.10 Å². The zero-order valence-corrected chi connectivity index (χ0v) is 29.2. The van der Waals surface area contributed by atoms with Gasteiger partial charge in [-0.05, 0) is 12.8 Å². The van der Waals surface area contributed by atoms with Gasteiger partial charge in [0.15, 0.2) is 0 Å². The summed E-state index contributed by atoms with van der Waals surface area (Å²) in [5, 5.41) is 10.3. The third-order valence-corrected chi connectivity index (χ3v) is 9.53. The van der Waals surface area contributed by atoms with E-state index < -0.39 is 0 Å². The Bertz CT molecular complexity index is 433. The van der Waals surface area contributed by atoms with Crippen molar-refractivity contribution in [2.24, 2.45) is 0 Å². The first-order valence-corrected chi connectivity index (χ1v) is 20.0. The van der Waals surface area contributed by atoms with Crippen LogP contribution in [0.15, 0.2) is 0 Å². The second-order valence-corrected chi connectivity index (χ2v) is 13.9. The monoisotopic (exact) mass is 579 g/mol. The van der Waals surface area contributed by atoms with E-state index in [0.717, 1.165) is 12.8 Å².